The third-order valence-corrected chi connectivity index (χ3v) is 8.90. The highest BCUT2D eigenvalue weighted by atomic mass is 16.3. The van der Waals surface area contributed by atoms with Crippen molar-refractivity contribution in [3.8, 4) is 51.7 Å². The van der Waals surface area contributed by atoms with E-state index in [1.807, 2.05) is 109 Å². The van der Waals surface area contributed by atoms with Crippen molar-refractivity contribution in [2.45, 2.75) is 0 Å². The molecular formula is C42H23N5O. The number of aromatic nitrogens is 3. The van der Waals surface area contributed by atoms with E-state index in [0.717, 1.165) is 60.6 Å². The summed E-state index contributed by atoms with van der Waals surface area (Å²) in [6, 6.07) is 50.4. The lowest BCUT2D eigenvalue weighted by Crippen LogP contribution is -2.02. The van der Waals surface area contributed by atoms with Crippen LogP contribution in [0.2, 0.25) is 0 Å². The fraction of sp³-hybridized carbons (Fsp3) is 0. The van der Waals surface area contributed by atoms with E-state index in [9.17, 15) is 10.5 Å². The van der Waals surface area contributed by atoms with Crippen LogP contribution in [0, 0.1) is 22.7 Å². The van der Waals surface area contributed by atoms with E-state index in [-0.39, 0.29) is 0 Å². The van der Waals surface area contributed by atoms with Crippen LogP contribution in [0.5, 0.6) is 0 Å². The van der Waals surface area contributed by atoms with Crippen molar-refractivity contribution in [2.75, 3.05) is 0 Å². The van der Waals surface area contributed by atoms with Crippen molar-refractivity contribution < 1.29 is 4.42 Å². The van der Waals surface area contributed by atoms with E-state index in [2.05, 4.69) is 47.0 Å². The van der Waals surface area contributed by atoms with Crippen LogP contribution in [0.25, 0.3) is 83.3 Å². The molecule has 0 spiro atoms. The van der Waals surface area contributed by atoms with E-state index in [4.69, 9.17) is 14.4 Å². The maximum Gasteiger partial charge on any atom is 0.160 e. The number of hydrogen-bond donors (Lipinski definition) is 0. The average molecular weight is 614 g/mol. The zero-order valence-electron chi connectivity index (χ0n) is 25.4. The molecule has 6 nitrogen and oxygen atoms in total. The zero-order valence-corrected chi connectivity index (χ0v) is 25.4. The van der Waals surface area contributed by atoms with Gasteiger partial charge in [0.1, 0.15) is 28.9 Å². The molecule has 0 aliphatic heterocycles. The third-order valence-electron chi connectivity index (χ3n) is 8.90. The maximum absolute atomic E-state index is 10.6. The first kappa shape index (κ1) is 27.3. The fourth-order valence-electron chi connectivity index (χ4n) is 6.71. The van der Waals surface area contributed by atoms with Gasteiger partial charge in [0.05, 0.1) is 33.7 Å². The minimum absolute atomic E-state index is 0.349. The topological polar surface area (TPSA) is 91.4 Å². The van der Waals surface area contributed by atoms with Crippen molar-refractivity contribution >= 4 is 43.7 Å². The summed E-state index contributed by atoms with van der Waals surface area (Å²) in [6.07, 6.45) is 0. The maximum atomic E-state index is 10.6. The summed E-state index contributed by atoms with van der Waals surface area (Å²) in [5.41, 5.74) is 8.37. The molecule has 0 radical (unpaired) electrons. The van der Waals surface area contributed by atoms with Gasteiger partial charge in [-0.05, 0) is 30.3 Å². The average Bonchev–Trinajstić information content (AvgIpc) is 3.68. The number of nitriles is 2. The van der Waals surface area contributed by atoms with Gasteiger partial charge in [0.2, 0.25) is 0 Å². The van der Waals surface area contributed by atoms with Crippen LogP contribution >= 0.6 is 0 Å². The van der Waals surface area contributed by atoms with E-state index >= 15 is 0 Å². The first-order valence-corrected chi connectivity index (χ1v) is 15.5. The van der Waals surface area contributed by atoms with E-state index in [1.54, 1.807) is 0 Å². The second kappa shape index (κ2) is 10.8. The van der Waals surface area contributed by atoms with Crippen LogP contribution in [-0.4, -0.2) is 14.5 Å². The Balaban J connectivity index is 1.29. The Bertz CT molecular complexity index is 2800. The number of fused-ring (bicyclic) bond motifs is 6. The number of benzene rings is 6. The normalized spacial score (nSPS) is 11.3. The number of rotatable bonds is 4. The molecule has 222 valence electrons. The largest absolute Gasteiger partial charge is 0.456 e. The molecule has 3 aromatic heterocycles. The highest BCUT2D eigenvalue weighted by molar-refractivity contribution is 6.17. The molecule has 0 N–H and O–H groups in total. The Morgan fingerprint density at radius 1 is 0.500 bits per heavy atom. The lowest BCUT2D eigenvalue weighted by atomic mass is 9.98. The van der Waals surface area contributed by atoms with Gasteiger partial charge in [0.15, 0.2) is 5.82 Å². The second-order valence-corrected chi connectivity index (χ2v) is 11.6. The van der Waals surface area contributed by atoms with E-state index in [0.29, 0.717) is 33.9 Å². The van der Waals surface area contributed by atoms with Crippen molar-refractivity contribution in [2.24, 2.45) is 0 Å². The van der Waals surface area contributed by atoms with Crippen LogP contribution < -0.4 is 0 Å². The molecule has 0 amide bonds. The molecule has 6 heteroatoms. The van der Waals surface area contributed by atoms with Crippen LogP contribution in [0.1, 0.15) is 11.1 Å². The Morgan fingerprint density at radius 2 is 1.17 bits per heavy atom. The summed E-state index contributed by atoms with van der Waals surface area (Å²) in [7, 11) is 0. The van der Waals surface area contributed by atoms with Crippen LogP contribution in [-0.2, 0) is 0 Å². The quantitative estimate of drug-likeness (QED) is 0.197. The van der Waals surface area contributed by atoms with E-state index in [1.165, 1.54) is 0 Å². The van der Waals surface area contributed by atoms with Crippen molar-refractivity contribution in [3.63, 3.8) is 0 Å². The molecule has 0 fully saturated rings. The lowest BCUT2D eigenvalue weighted by Gasteiger charge is -2.14. The minimum Gasteiger partial charge on any atom is -0.456 e. The third kappa shape index (κ3) is 4.18. The van der Waals surface area contributed by atoms with Gasteiger partial charge >= 0.3 is 0 Å². The molecule has 0 aliphatic rings. The molecule has 3 heterocycles. The van der Waals surface area contributed by atoms with Crippen LogP contribution in [0.4, 0.5) is 0 Å². The second-order valence-electron chi connectivity index (χ2n) is 11.6. The van der Waals surface area contributed by atoms with Crippen molar-refractivity contribution in [3.05, 3.63) is 151 Å². The summed E-state index contributed by atoms with van der Waals surface area (Å²) >= 11 is 0. The number of nitrogens with zero attached hydrogens (tertiary/aromatic N) is 5. The molecule has 6 aromatic carbocycles. The molecule has 0 saturated heterocycles. The smallest absolute Gasteiger partial charge is 0.160 e. The van der Waals surface area contributed by atoms with Gasteiger partial charge in [-0.3, -0.25) is 0 Å². The first-order valence-electron chi connectivity index (χ1n) is 15.5. The van der Waals surface area contributed by atoms with Gasteiger partial charge in [0.25, 0.3) is 0 Å². The number of furan rings is 1. The predicted octanol–water partition coefficient (Wildman–Crippen LogP) is 10.2. The van der Waals surface area contributed by atoms with Gasteiger partial charge in [-0.15, -0.1) is 0 Å². The Morgan fingerprint density at radius 3 is 1.92 bits per heavy atom. The van der Waals surface area contributed by atoms with Gasteiger partial charge in [-0.25, -0.2) is 9.97 Å². The number of para-hydroxylation sites is 2. The molecule has 48 heavy (non-hydrogen) atoms. The Hall–Kier alpha value is -7.02. The first-order chi connectivity index (χ1) is 23.7. The van der Waals surface area contributed by atoms with Crippen LogP contribution in [0.15, 0.2) is 144 Å². The molecule has 0 aliphatic carbocycles. The zero-order chi connectivity index (χ0) is 32.2. The standard InChI is InChI=1S/C42H23N5O/c43-24-29-21-28(41-34(25-44)40(26-11-3-1-4-12-26)45-42(46-41)27-13-5-2-6-14-27)19-20-35(29)47-36-17-9-7-15-30(36)32-22-33-31-16-8-10-18-38(31)48-39(33)23-37(32)47/h1-23H. The number of hydrogen-bond acceptors (Lipinski definition) is 5. The predicted molar refractivity (Wildman–Crippen MR) is 189 cm³/mol. The van der Waals surface area contributed by atoms with Crippen molar-refractivity contribution in [1.29, 1.82) is 10.5 Å². The molecule has 0 saturated carbocycles. The molecule has 9 rings (SSSR count). The fourth-order valence-corrected chi connectivity index (χ4v) is 6.71. The van der Waals surface area contributed by atoms with Gasteiger partial charge in [0, 0.05) is 44.3 Å². The van der Waals surface area contributed by atoms with Gasteiger partial charge in [-0.2, -0.15) is 10.5 Å². The molecule has 9 aromatic rings. The highest BCUT2D eigenvalue weighted by Gasteiger charge is 2.22. The van der Waals surface area contributed by atoms with Crippen LogP contribution in [0.3, 0.4) is 0 Å². The summed E-state index contributed by atoms with van der Waals surface area (Å²) < 4.78 is 8.40. The molecule has 0 atom stereocenters. The van der Waals surface area contributed by atoms with E-state index < -0.39 is 0 Å². The van der Waals surface area contributed by atoms with Crippen molar-refractivity contribution in [1.82, 2.24) is 14.5 Å². The van der Waals surface area contributed by atoms with Gasteiger partial charge in [-0.1, -0.05) is 103 Å². The summed E-state index contributed by atoms with van der Waals surface area (Å²) in [6.45, 7) is 0. The summed E-state index contributed by atoms with van der Waals surface area (Å²) in [5, 5.41) is 25.4. The molecule has 0 unspecified atom stereocenters. The molecular weight excluding hydrogens is 590 g/mol. The molecule has 0 bridgehead atoms. The summed E-state index contributed by atoms with van der Waals surface area (Å²) in [5.74, 6) is 0.503. The summed E-state index contributed by atoms with van der Waals surface area (Å²) in [4.78, 5) is 9.80. The lowest BCUT2D eigenvalue weighted by molar-refractivity contribution is 0.669. The Labute approximate surface area is 275 Å². The highest BCUT2D eigenvalue weighted by Crippen LogP contribution is 2.40. The SMILES string of the molecule is N#Cc1cc(-c2nc(-c3ccccc3)nc(-c3ccccc3)c2C#N)ccc1-n1c2ccccc2c2cc3c(cc21)oc1ccccc13. The van der Waals surface area contributed by atoms with Gasteiger partial charge < -0.3 is 8.98 Å². The Kier molecular flexibility index (Phi) is 6.15. The monoisotopic (exact) mass is 613 g/mol. The minimum atomic E-state index is 0.349.